The zero-order valence-corrected chi connectivity index (χ0v) is 14.4. The number of nitrogens with zero attached hydrogens (tertiary/aromatic N) is 1. The van der Waals surface area contributed by atoms with E-state index in [9.17, 15) is 4.79 Å². The maximum atomic E-state index is 12.1. The summed E-state index contributed by atoms with van der Waals surface area (Å²) in [6.07, 6.45) is 1.85. The summed E-state index contributed by atoms with van der Waals surface area (Å²) in [4.78, 5) is 16.2. The highest BCUT2D eigenvalue weighted by molar-refractivity contribution is 5.75. The molecular weight excluding hydrogens is 330 g/mol. The molecule has 1 aromatic heterocycles. The Balaban J connectivity index is 1.54. The Bertz CT molecular complexity index is 830. The zero-order valence-electron chi connectivity index (χ0n) is 14.4. The zero-order chi connectivity index (χ0) is 18.2. The second-order valence-corrected chi connectivity index (χ2v) is 5.47. The van der Waals surface area contributed by atoms with Gasteiger partial charge in [-0.15, -0.1) is 0 Å². The molecule has 0 saturated heterocycles. The predicted molar refractivity (Wildman–Crippen MR) is 97.7 cm³/mol. The standard InChI is InChI=1S/C21H19NO4/c1-2-24-17-8-6-16(7-9-17)15-21(23)26-19-12-10-18(11-13-19)25-20-5-3-4-14-22-20/h3-14H,2,15H2,1H3. The van der Waals surface area contributed by atoms with Crippen molar-refractivity contribution in [2.24, 2.45) is 0 Å². The van der Waals surface area contributed by atoms with Crippen LogP contribution in [0.4, 0.5) is 0 Å². The molecule has 0 radical (unpaired) electrons. The smallest absolute Gasteiger partial charge is 0.315 e. The van der Waals surface area contributed by atoms with Gasteiger partial charge in [0.15, 0.2) is 0 Å². The summed E-state index contributed by atoms with van der Waals surface area (Å²) in [5.74, 6) is 2.05. The molecule has 0 unspecified atom stereocenters. The van der Waals surface area contributed by atoms with Crippen molar-refractivity contribution in [3.05, 3.63) is 78.5 Å². The Morgan fingerprint density at radius 3 is 2.23 bits per heavy atom. The van der Waals surface area contributed by atoms with Gasteiger partial charge in [-0.1, -0.05) is 18.2 Å². The normalized spacial score (nSPS) is 10.2. The molecule has 0 N–H and O–H groups in total. The molecule has 0 amide bonds. The van der Waals surface area contributed by atoms with Gasteiger partial charge in [0.1, 0.15) is 17.2 Å². The van der Waals surface area contributed by atoms with Crippen LogP contribution in [0.1, 0.15) is 12.5 Å². The largest absolute Gasteiger partial charge is 0.494 e. The van der Waals surface area contributed by atoms with Crippen LogP contribution in [-0.2, 0) is 11.2 Å². The minimum atomic E-state index is -0.326. The summed E-state index contributed by atoms with van der Waals surface area (Å²) in [6, 6.07) is 19.7. The van der Waals surface area contributed by atoms with E-state index in [2.05, 4.69) is 4.98 Å². The molecule has 0 saturated carbocycles. The highest BCUT2D eigenvalue weighted by Gasteiger charge is 2.07. The Morgan fingerprint density at radius 2 is 1.58 bits per heavy atom. The van der Waals surface area contributed by atoms with E-state index in [1.54, 1.807) is 36.5 Å². The Morgan fingerprint density at radius 1 is 0.885 bits per heavy atom. The van der Waals surface area contributed by atoms with Crippen molar-refractivity contribution in [3.63, 3.8) is 0 Å². The Labute approximate surface area is 152 Å². The molecule has 0 aliphatic carbocycles. The van der Waals surface area contributed by atoms with Gasteiger partial charge in [-0.05, 0) is 55.0 Å². The summed E-state index contributed by atoms with van der Waals surface area (Å²) in [6.45, 7) is 2.54. The first-order valence-corrected chi connectivity index (χ1v) is 8.34. The van der Waals surface area contributed by atoms with E-state index < -0.39 is 0 Å². The van der Waals surface area contributed by atoms with Crippen LogP contribution in [0.2, 0.25) is 0 Å². The van der Waals surface area contributed by atoms with E-state index in [-0.39, 0.29) is 12.4 Å². The van der Waals surface area contributed by atoms with E-state index in [0.29, 0.717) is 24.0 Å². The fourth-order valence-electron chi connectivity index (χ4n) is 2.31. The number of rotatable bonds is 7. The van der Waals surface area contributed by atoms with Crippen LogP contribution < -0.4 is 14.2 Å². The van der Waals surface area contributed by atoms with Crippen LogP contribution >= 0.6 is 0 Å². The van der Waals surface area contributed by atoms with Gasteiger partial charge in [0, 0.05) is 12.3 Å². The van der Waals surface area contributed by atoms with Crippen molar-refractivity contribution < 1.29 is 19.0 Å². The van der Waals surface area contributed by atoms with Crippen molar-refractivity contribution in [1.82, 2.24) is 4.98 Å². The second-order valence-electron chi connectivity index (χ2n) is 5.47. The number of hydrogen-bond donors (Lipinski definition) is 0. The lowest BCUT2D eigenvalue weighted by atomic mass is 10.1. The average molecular weight is 349 g/mol. The van der Waals surface area contributed by atoms with Crippen LogP contribution in [0, 0.1) is 0 Å². The molecule has 3 rings (SSSR count). The number of benzene rings is 2. The van der Waals surface area contributed by atoms with Gasteiger partial charge in [-0.3, -0.25) is 4.79 Å². The third kappa shape index (κ3) is 5.08. The molecule has 0 aliphatic heterocycles. The quantitative estimate of drug-likeness (QED) is 0.467. The molecule has 26 heavy (non-hydrogen) atoms. The first-order valence-electron chi connectivity index (χ1n) is 8.34. The van der Waals surface area contributed by atoms with Crippen LogP contribution in [0.15, 0.2) is 72.9 Å². The van der Waals surface area contributed by atoms with E-state index in [1.807, 2.05) is 43.3 Å². The first-order chi connectivity index (χ1) is 12.7. The second kappa shape index (κ2) is 8.67. The number of carbonyl (C=O) groups excluding carboxylic acids is 1. The number of pyridine rings is 1. The number of carbonyl (C=O) groups is 1. The third-order valence-corrected chi connectivity index (χ3v) is 3.50. The van der Waals surface area contributed by atoms with Crippen molar-refractivity contribution in [1.29, 1.82) is 0 Å². The molecule has 0 bridgehead atoms. The molecule has 1 heterocycles. The first kappa shape index (κ1) is 17.5. The minimum absolute atomic E-state index is 0.193. The van der Waals surface area contributed by atoms with Crippen molar-refractivity contribution >= 4 is 5.97 Å². The lowest BCUT2D eigenvalue weighted by Gasteiger charge is -2.07. The van der Waals surface area contributed by atoms with Gasteiger partial charge >= 0.3 is 5.97 Å². The van der Waals surface area contributed by atoms with Gasteiger partial charge in [-0.2, -0.15) is 0 Å². The molecule has 0 aliphatic rings. The van der Waals surface area contributed by atoms with E-state index >= 15 is 0 Å². The third-order valence-electron chi connectivity index (χ3n) is 3.50. The van der Waals surface area contributed by atoms with Crippen LogP contribution in [0.5, 0.6) is 23.1 Å². The summed E-state index contributed by atoms with van der Waals surface area (Å²) in [5.41, 5.74) is 0.869. The van der Waals surface area contributed by atoms with Gasteiger partial charge < -0.3 is 14.2 Å². The number of hydrogen-bond acceptors (Lipinski definition) is 5. The van der Waals surface area contributed by atoms with Gasteiger partial charge in [-0.25, -0.2) is 4.98 Å². The number of aromatic nitrogens is 1. The lowest BCUT2D eigenvalue weighted by molar-refractivity contribution is -0.133. The summed E-state index contributed by atoms with van der Waals surface area (Å²) in [5, 5.41) is 0. The summed E-state index contributed by atoms with van der Waals surface area (Å²) in [7, 11) is 0. The highest BCUT2D eigenvalue weighted by Crippen LogP contribution is 2.22. The fraction of sp³-hybridized carbons (Fsp3) is 0.143. The van der Waals surface area contributed by atoms with Crippen molar-refractivity contribution in [3.8, 4) is 23.1 Å². The van der Waals surface area contributed by atoms with Gasteiger partial charge in [0.2, 0.25) is 5.88 Å². The molecule has 3 aromatic rings. The average Bonchev–Trinajstić information content (AvgIpc) is 2.66. The SMILES string of the molecule is CCOc1ccc(CC(=O)Oc2ccc(Oc3ccccn3)cc2)cc1. The molecular formula is C21H19NO4. The van der Waals surface area contributed by atoms with Crippen LogP contribution in [-0.4, -0.2) is 17.6 Å². The minimum Gasteiger partial charge on any atom is -0.494 e. The van der Waals surface area contributed by atoms with Crippen LogP contribution in [0.3, 0.4) is 0 Å². The van der Waals surface area contributed by atoms with Gasteiger partial charge in [0.25, 0.3) is 0 Å². The predicted octanol–water partition coefficient (Wildman–Crippen LogP) is 4.42. The molecule has 5 nitrogen and oxygen atoms in total. The van der Waals surface area contributed by atoms with E-state index in [0.717, 1.165) is 11.3 Å². The van der Waals surface area contributed by atoms with E-state index in [1.165, 1.54) is 0 Å². The topological polar surface area (TPSA) is 57.7 Å². The molecule has 0 atom stereocenters. The number of esters is 1. The van der Waals surface area contributed by atoms with Crippen molar-refractivity contribution in [2.75, 3.05) is 6.61 Å². The number of ether oxygens (including phenoxy) is 3. The highest BCUT2D eigenvalue weighted by atomic mass is 16.5. The summed E-state index contributed by atoms with van der Waals surface area (Å²) < 4.78 is 16.3. The van der Waals surface area contributed by atoms with Crippen molar-refractivity contribution in [2.45, 2.75) is 13.3 Å². The molecule has 5 heteroatoms. The molecule has 132 valence electrons. The Hall–Kier alpha value is -3.34. The Kier molecular flexibility index (Phi) is 5.83. The lowest BCUT2D eigenvalue weighted by Crippen LogP contribution is -2.11. The maximum Gasteiger partial charge on any atom is 0.315 e. The molecule has 0 fully saturated rings. The molecule has 0 spiro atoms. The van der Waals surface area contributed by atoms with Crippen LogP contribution in [0.25, 0.3) is 0 Å². The van der Waals surface area contributed by atoms with E-state index in [4.69, 9.17) is 14.2 Å². The maximum absolute atomic E-state index is 12.1. The molecule has 2 aromatic carbocycles. The monoisotopic (exact) mass is 349 g/mol. The fourth-order valence-corrected chi connectivity index (χ4v) is 2.31. The summed E-state index contributed by atoms with van der Waals surface area (Å²) >= 11 is 0. The van der Waals surface area contributed by atoms with Gasteiger partial charge in [0.05, 0.1) is 13.0 Å².